The van der Waals surface area contributed by atoms with Crippen molar-refractivity contribution in [2.24, 2.45) is 0 Å². The Morgan fingerprint density at radius 3 is 3.00 bits per heavy atom. The molecule has 2 N–H and O–H groups in total. The van der Waals surface area contributed by atoms with E-state index in [2.05, 4.69) is 31.2 Å². The Morgan fingerprint density at radius 2 is 2.16 bits per heavy atom. The molecule has 3 aromatic rings. The SMILES string of the molecule is Fc1cccc(Br)c1NCc1c[nH]c2ncccc12. The number of anilines is 1. The van der Waals surface area contributed by atoms with Gasteiger partial charge in [-0.05, 0) is 45.8 Å². The van der Waals surface area contributed by atoms with E-state index in [9.17, 15) is 4.39 Å². The summed E-state index contributed by atoms with van der Waals surface area (Å²) >= 11 is 3.34. The Kier molecular flexibility index (Phi) is 3.21. The summed E-state index contributed by atoms with van der Waals surface area (Å²) in [6, 6.07) is 8.79. The quantitative estimate of drug-likeness (QED) is 0.763. The molecule has 96 valence electrons. The van der Waals surface area contributed by atoms with Crippen LogP contribution in [-0.2, 0) is 6.54 Å². The van der Waals surface area contributed by atoms with Crippen LogP contribution in [0.1, 0.15) is 5.56 Å². The third-order valence-corrected chi connectivity index (χ3v) is 3.62. The van der Waals surface area contributed by atoms with Gasteiger partial charge in [0.2, 0.25) is 0 Å². The van der Waals surface area contributed by atoms with Crippen LogP contribution in [0, 0.1) is 5.82 Å². The number of pyridine rings is 1. The van der Waals surface area contributed by atoms with Crippen LogP contribution in [0.2, 0.25) is 0 Å². The summed E-state index contributed by atoms with van der Waals surface area (Å²) in [5.41, 5.74) is 2.37. The first-order valence-corrected chi connectivity index (χ1v) is 6.64. The lowest BCUT2D eigenvalue weighted by Gasteiger charge is -2.08. The normalized spacial score (nSPS) is 10.8. The topological polar surface area (TPSA) is 40.7 Å². The van der Waals surface area contributed by atoms with E-state index in [-0.39, 0.29) is 5.82 Å². The van der Waals surface area contributed by atoms with Crippen LogP contribution < -0.4 is 5.32 Å². The average Bonchev–Trinajstić information content (AvgIpc) is 2.82. The number of hydrogen-bond acceptors (Lipinski definition) is 2. The third kappa shape index (κ3) is 2.33. The second-order valence-electron chi connectivity index (χ2n) is 4.16. The van der Waals surface area contributed by atoms with E-state index in [0.717, 1.165) is 16.6 Å². The predicted octanol–water partition coefficient (Wildman–Crippen LogP) is 4.08. The summed E-state index contributed by atoms with van der Waals surface area (Å²) in [4.78, 5) is 7.32. The highest BCUT2D eigenvalue weighted by Crippen LogP contribution is 2.26. The molecule has 5 heteroatoms. The van der Waals surface area contributed by atoms with E-state index >= 15 is 0 Å². The Morgan fingerprint density at radius 1 is 1.26 bits per heavy atom. The molecule has 19 heavy (non-hydrogen) atoms. The second kappa shape index (κ2) is 5.01. The van der Waals surface area contributed by atoms with Crippen molar-refractivity contribution >= 4 is 32.7 Å². The number of aromatic amines is 1. The van der Waals surface area contributed by atoms with Crippen LogP contribution >= 0.6 is 15.9 Å². The van der Waals surface area contributed by atoms with Crippen molar-refractivity contribution < 1.29 is 4.39 Å². The van der Waals surface area contributed by atoms with E-state index < -0.39 is 0 Å². The molecule has 0 atom stereocenters. The van der Waals surface area contributed by atoms with Crippen molar-refractivity contribution in [1.29, 1.82) is 0 Å². The van der Waals surface area contributed by atoms with Crippen LogP contribution in [0.5, 0.6) is 0 Å². The number of H-pyrrole nitrogens is 1. The summed E-state index contributed by atoms with van der Waals surface area (Å²) in [6.45, 7) is 0.533. The van der Waals surface area contributed by atoms with E-state index in [1.165, 1.54) is 6.07 Å². The molecule has 0 saturated heterocycles. The number of fused-ring (bicyclic) bond motifs is 1. The number of benzene rings is 1. The fourth-order valence-electron chi connectivity index (χ4n) is 2.01. The Balaban J connectivity index is 1.87. The molecule has 0 spiro atoms. The second-order valence-corrected chi connectivity index (χ2v) is 5.02. The fraction of sp³-hybridized carbons (Fsp3) is 0.0714. The van der Waals surface area contributed by atoms with Gasteiger partial charge < -0.3 is 10.3 Å². The van der Waals surface area contributed by atoms with Gasteiger partial charge in [0.05, 0.1) is 5.69 Å². The van der Waals surface area contributed by atoms with Crippen LogP contribution in [0.15, 0.2) is 47.2 Å². The largest absolute Gasteiger partial charge is 0.378 e. The minimum Gasteiger partial charge on any atom is -0.378 e. The maximum atomic E-state index is 13.7. The van der Waals surface area contributed by atoms with Crippen molar-refractivity contribution in [3.8, 4) is 0 Å². The molecule has 3 nitrogen and oxygen atoms in total. The Hall–Kier alpha value is -1.88. The molecule has 0 fully saturated rings. The summed E-state index contributed by atoms with van der Waals surface area (Å²) in [5.74, 6) is -0.271. The number of nitrogens with zero attached hydrogens (tertiary/aromatic N) is 1. The molecule has 0 radical (unpaired) electrons. The lowest BCUT2D eigenvalue weighted by molar-refractivity contribution is 0.629. The number of halogens is 2. The molecule has 3 rings (SSSR count). The third-order valence-electron chi connectivity index (χ3n) is 2.96. The Bertz CT molecular complexity index is 703. The smallest absolute Gasteiger partial charge is 0.147 e. The van der Waals surface area contributed by atoms with Gasteiger partial charge >= 0.3 is 0 Å². The number of aromatic nitrogens is 2. The van der Waals surface area contributed by atoms with Crippen LogP contribution in [-0.4, -0.2) is 9.97 Å². The van der Waals surface area contributed by atoms with Crippen molar-refractivity contribution in [3.63, 3.8) is 0 Å². The van der Waals surface area contributed by atoms with Gasteiger partial charge in [0.25, 0.3) is 0 Å². The molecular formula is C14H11BrFN3. The highest BCUT2D eigenvalue weighted by Gasteiger charge is 2.08. The minimum absolute atomic E-state index is 0.271. The van der Waals surface area contributed by atoms with Gasteiger partial charge in [-0.2, -0.15) is 0 Å². The maximum absolute atomic E-state index is 13.7. The van der Waals surface area contributed by atoms with Gasteiger partial charge in [-0.15, -0.1) is 0 Å². The zero-order chi connectivity index (χ0) is 13.2. The molecule has 0 amide bonds. The first-order valence-electron chi connectivity index (χ1n) is 5.84. The van der Waals surface area contributed by atoms with E-state index in [0.29, 0.717) is 16.7 Å². The molecule has 0 aliphatic rings. The van der Waals surface area contributed by atoms with Gasteiger partial charge in [0, 0.05) is 28.8 Å². The predicted molar refractivity (Wildman–Crippen MR) is 77.5 cm³/mol. The molecule has 2 aromatic heterocycles. The van der Waals surface area contributed by atoms with Crippen molar-refractivity contribution in [3.05, 3.63) is 58.6 Å². The molecule has 0 unspecified atom stereocenters. The molecule has 0 aliphatic heterocycles. The number of rotatable bonds is 3. The summed E-state index contributed by atoms with van der Waals surface area (Å²) < 4.78 is 14.4. The molecular weight excluding hydrogens is 309 g/mol. The molecule has 0 bridgehead atoms. The standard InChI is InChI=1S/C14H11BrFN3/c15-11-4-1-5-12(16)13(11)18-7-9-8-19-14-10(9)3-2-6-17-14/h1-6,8,18H,7H2,(H,17,19). The molecule has 0 aliphatic carbocycles. The maximum Gasteiger partial charge on any atom is 0.147 e. The van der Waals surface area contributed by atoms with Crippen molar-refractivity contribution in [2.75, 3.05) is 5.32 Å². The highest BCUT2D eigenvalue weighted by molar-refractivity contribution is 9.10. The lowest BCUT2D eigenvalue weighted by atomic mass is 10.2. The van der Waals surface area contributed by atoms with E-state index in [1.807, 2.05) is 24.4 Å². The first kappa shape index (κ1) is 12.2. The summed E-state index contributed by atoms with van der Waals surface area (Å²) in [7, 11) is 0. The minimum atomic E-state index is -0.271. The average molecular weight is 320 g/mol. The van der Waals surface area contributed by atoms with Gasteiger partial charge in [0.1, 0.15) is 11.5 Å². The fourth-order valence-corrected chi connectivity index (χ4v) is 2.49. The van der Waals surface area contributed by atoms with Crippen LogP contribution in [0.3, 0.4) is 0 Å². The van der Waals surface area contributed by atoms with Crippen molar-refractivity contribution in [2.45, 2.75) is 6.54 Å². The van der Waals surface area contributed by atoms with Gasteiger partial charge in [-0.25, -0.2) is 9.37 Å². The Labute approximate surface area is 118 Å². The van der Waals surface area contributed by atoms with Crippen LogP contribution in [0.25, 0.3) is 11.0 Å². The van der Waals surface area contributed by atoms with Gasteiger partial charge in [0.15, 0.2) is 0 Å². The first-order chi connectivity index (χ1) is 9.25. The molecule has 0 saturated carbocycles. The number of para-hydroxylation sites is 1. The van der Waals surface area contributed by atoms with E-state index in [4.69, 9.17) is 0 Å². The summed E-state index contributed by atoms with van der Waals surface area (Å²) in [6.07, 6.45) is 3.63. The lowest BCUT2D eigenvalue weighted by Crippen LogP contribution is -2.01. The summed E-state index contributed by atoms with van der Waals surface area (Å²) in [5, 5.41) is 4.15. The zero-order valence-electron chi connectivity index (χ0n) is 9.95. The van der Waals surface area contributed by atoms with Crippen molar-refractivity contribution in [1.82, 2.24) is 9.97 Å². The molecule has 2 heterocycles. The molecule has 1 aromatic carbocycles. The van der Waals surface area contributed by atoms with Gasteiger partial charge in [-0.1, -0.05) is 6.07 Å². The zero-order valence-corrected chi connectivity index (χ0v) is 11.5. The van der Waals surface area contributed by atoms with Crippen LogP contribution in [0.4, 0.5) is 10.1 Å². The number of hydrogen-bond donors (Lipinski definition) is 2. The van der Waals surface area contributed by atoms with Gasteiger partial charge in [-0.3, -0.25) is 0 Å². The van der Waals surface area contributed by atoms with E-state index in [1.54, 1.807) is 12.3 Å². The number of nitrogens with one attached hydrogen (secondary N) is 2. The monoisotopic (exact) mass is 319 g/mol. The highest BCUT2D eigenvalue weighted by atomic mass is 79.9.